The number of aliphatic carboxylic acids is 1. The largest absolute Gasteiger partial charge is 0.480 e. The van der Waals surface area contributed by atoms with Gasteiger partial charge in [0.05, 0.1) is 0 Å². The van der Waals surface area contributed by atoms with Crippen molar-refractivity contribution >= 4 is 17.8 Å². The zero-order valence-corrected chi connectivity index (χ0v) is 33.5. The van der Waals surface area contributed by atoms with Crippen LogP contribution in [-0.4, -0.2) is 41.6 Å². The number of rotatable bonds is 39. The minimum atomic E-state index is -1.01. The molecule has 298 valence electrons. The van der Waals surface area contributed by atoms with Gasteiger partial charge in [0, 0.05) is 12.8 Å². The number of ether oxygens (including phenoxy) is 1. The fourth-order valence-electron chi connectivity index (χ4n) is 6.41. The molecule has 0 spiro atoms. The fourth-order valence-corrected chi connectivity index (χ4v) is 6.41. The quantitative estimate of drug-likeness (QED) is 0.0331. The number of nitrogens with two attached hydrogens (primary N) is 1. The number of carboxylic acid groups (broad SMARTS) is 1. The van der Waals surface area contributed by atoms with Gasteiger partial charge < -0.3 is 20.9 Å². The smallest absolute Gasteiger partial charge is 0.326 e. The Morgan fingerprint density at radius 2 is 1.02 bits per heavy atom. The molecule has 7 nitrogen and oxygen atoms in total. The molecule has 0 saturated heterocycles. The maximum absolute atomic E-state index is 12.7. The maximum Gasteiger partial charge on any atom is 0.326 e. The summed E-state index contributed by atoms with van der Waals surface area (Å²) < 4.78 is 5.92. The number of esters is 1. The average molecular weight is 719 g/mol. The van der Waals surface area contributed by atoms with E-state index in [1.165, 1.54) is 128 Å². The van der Waals surface area contributed by atoms with E-state index >= 15 is 0 Å². The van der Waals surface area contributed by atoms with Crippen LogP contribution in [0.4, 0.5) is 0 Å². The number of carbonyl (C=O) groups is 3. The third kappa shape index (κ3) is 36.0. The van der Waals surface area contributed by atoms with Gasteiger partial charge in [-0.25, -0.2) is 4.79 Å². The normalized spacial score (nSPS) is 12.8. The summed E-state index contributed by atoms with van der Waals surface area (Å²) in [5, 5.41) is 11.9. The third-order valence-electron chi connectivity index (χ3n) is 9.72. The topological polar surface area (TPSA) is 119 Å². The van der Waals surface area contributed by atoms with Crippen LogP contribution < -0.4 is 11.1 Å². The van der Waals surface area contributed by atoms with E-state index in [1.54, 1.807) is 0 Å². The molecule has 51 heavy (non-hydrogen) atoms. The molecule has 2 atom stereocenters. The average Bonchev–Trinajstić information content (AvgIpc) is 3.11. The van der Waals surface area contributed by atoms with Crippen LogP contribution in [0.25, 0.3) is 0 Å². The molecule has 2 unspecified atom stereocenters. The molecule has 0 radical (unpaired) electrons. The molecule has 0 aromatic heterocycles. The molecule has 4 N–H and O–H groups in total. The molecule has 0 fully saturated rings. The number of amides is 1. The molecule has 0 aliphatic rings. The lowest BCUT2D eigenvalue weighted by atomic mass is 10.0. The minimum Gasteiger partial charge on any atom is -0.480 e. The summed E-state index contributed by atoms with van der Waals surface area (Å²) in [5.74, 6) is -1.33. The number of unbranched alkanes of at least 4 members (excludes halogenated alkanes) is 23. The van der Waals surface area contributed by atoms with Crippen molar-refractivity contribution in [2.24, 2.45) is 5.73 Å². The van der Waals surface area contributed by atoms with Crippen LogP contribution in [0, 0.1) is 0 Å². The van der Waals surface area contributed by atoms with Gasteiger partial charge in [0.1, 0.15) is 12.1 Å². The Labute approximate surface area is 314 Å². The molecule has 0 saturated carbocycles. The Hall–Kier alpha value is -2.15. The molecule has 7 heteroatoms. The number of nitrogens with one attached hydrogen (secondary N) is 1. The Morgan fingerprint density at radius 3 is 1.53 bits per heavy atom. The van der Waals surface area contributed by atoms with Crippen LogP contribution in [0.1, 0.15) is 219 Å². The summed E-state index contributed by atoms with van der Waals surface area (Å²) in [6.07, 6.45) is 43.9. The van der Waals surface area contributed by atoms with Gasteiger partial charge in [0.25, 0.3) is 0 Å². The molecule has 0 aromatic carbocycles. The minimum absolute atomic E-state index is 0.0899. The van der Waals surface area contributed by atoms with Gasteiger partial charge in [-0.05, 0) is 89.7 Å². The second-order valence-electron chi connectivity index (χ2n) is 14.7. The summed E-state index contributed by atoms with van der Waals surface area (Å²) in [4.78, 5) is 36.3. The summed E-state index contributed by atoms with van der Waals surface area (Å²) in [6, 6.07) is -0.869. The molecular weight excluding hydrogens is 636 g/mol. The molecule has 0 bridgehead atoms. The second-order valence-corrected chi connectivity index (χ2v) is 14.7. The molecule has 0 aliphatic carbocycles. The second kappa shape index (κ2) is 39.1. The van der Waals surface area contributed by atoms with Crippen molar-refractivity contribution in [2.45, 2.75) is 231 Å². The van der Waals surface area contributed by atoms with Crippen molar-refractivity contribution in [1.29, 1.82) is 0 Å². The van der Waals surface area contributed by atoms with Gasteiger partial charge in [-0.3, -0.25) is 9.59 Å². The first-order valence-corrected chi connectivity index (χ1v) is 21.7. The van der Waals surface area contributed by atoms with E-state index in [0.717, 1.165) is 44.9 Å². The monoisotopic (exact) mass is 719 g/mol. The van der Waals surface area contributed by atoms with E-state index in [2.05, 4.69) is 43.5 Å². The zero-order valence-electron chi connectivity index (χ0n) is 33.5. The Morgan fingerprint density at radius 1 is 0.569 bits per heavy atom. The molecule has 0 rings (SSSR count). The van der Waals surface area contributed by atoms with Crippen molar-refractivity contribution in [3.8, 4) is 0 Å². The summed E-state index contributed by atoms with van der Waals surface area (Å²) in [7, 11) is 0. The Bertz CT molecular complexity index is 858. The highest BCUT2D eigenvalue weighted by molar-refractivity contribution is 5.83. The van der Waals surface area contributed by atoms with Gasteiger partial charge in [-0.15, -0.1) is 0 Å². The SMILES string of the molecule is CCCCCCC/C=C\C(CCCCCCC(=O)NC(CCCN)C(=O)O)OC(=O)CCCCCCCCCCC/C=C\CCCCCCCC. The predicted octanol–water partition coefficient (Wildman–Crippen LogP) is 12.1. The first-order valence-electron chi connectivity index (χ1n) is 21.7. The van der Waals surface area contributed by atoms with E-state index in [9.17, 15) is 19.5 Å². The van der Waals surface area contributed by atoms with E-state index in [-0.39, 0.29) is 18.0 Å². The Kier molecular flexibility index (Phi) is 37.4. The highest BCUT2D eigenvalue weighted by Crippen LogP contribution is 2.16. The van der Waals surface area contributed by atoms with Crippen molar-refractivity contribution in [2.75, 3.05) is 6.54 Å². The first kappa shape index (κ1) is 48.9. The van der Waals surface area contributed by atoms with Crippen molar-refractivity contribution in [3.05, 3.63) is 24.3 Å². The van der Waals surface area contributed by atoms with E-state index in [4.69, 9.17) is 10.5 Å². The number of carbonyl (C=O) groups excluding carboxylic acids is 2. The van der Waals surface area contributed by atoms with Gasteiger partial charge >= 0.3 is 11.9 Å². The highest BCUT2D eigenvalue weighted by Gasteiger charge is 2.19. The fraction of sp³-hybridized carbons (Fsp3) is 0.841. The molecular formula is C44H82N2O5. The standard InChI is InChI=1S/C44H82N2O5/c1-3-5-7-9-11-12-13-14-15-16-17-18-19-20-21-22-24-26-32-38-43(48)51-40(34-29-25-23-10-8-6-4-2)35-30-27-28-31-37-42(47)46-41(44(49)50)36-33-39-45/h14-15,29,34,40-41H,3-13,16-28,30-33,35-39,45H2,1-2H3,(H,46,47)(H,49,50)/b15-14-,34-29-. The summed E-state index contributed by atoms with van der Waals surface area (Å²) in [5.41, 5.74) is 5.48. The predicted molar refractivity (Wildman–Crippen MR) is 216 cm³/mol. The van der Waals surface area contributed by atoms with E-state index < -0.39 is 12.0 Å². The van der Waals surface area contributed by atoms with Crippen LogP contribution >= 0.6 is 0 Å². The van der Waals surface area contributed by atoms with Gasteiger partial charge in [0.15, 0.2) is 0 Å². The van der Waals surface area contributed by atoms with Gasteiger partial charge in [-0.2, -0.15) is 0 Å². The highest BCUT2D eigenvalue weighted by atomic mass is 16.5. The van der Waals surface area contributed by atoms with Crippen molar-refractivity contribution in [3.63, 3.8) is 0 Å². The number of carboxylic acids is 1. The molecule has 0 aliphatic heterocycles. The molecule has 1 amide bonds. The Balaban J connectivity index is 4.14. The summed E-state index contributed by atoms with van der Waals surface area (Å²) in [6.45, 7) is 4.91. The lowest BCUT2D eigenvalue weighted by molar-refractivity contribution is -0.147. The van der Waals surface area contributed by atoms with Crippen molar-refractivity contribution < 1.29 is 24.2 Å². The van der Waals surface area contributed by atoms with Crippen molar-refractivity contribution in [1.82, 2.24) is 5.32 Å². The van der Waals surface area contributed by atoms with Crippen LogP contribution in [0.15, 0.2) is 24.3 Å². The van der Waals surface area contributed by atoms with Crippen LogP contribution in [0.5, 0.6) is 0 Å². The molecule has 0 heterocycles. The van der Waals surface area contributed by atoms with Gasteiger partial charge in [-0.1, -0.05) is 148 Å². The number of hydrogen-bond donors (Lipinski definition) is 3. The van der Waals surface area contributed by atoms with Crippen LogP contribution in [0.3, 0.4) is 0 Å². The van der Waals surface area contributed by atoms with Crippen LogP contribution in [-0.2, 0) is 19.1 Å². The third-order valence-corrected chi connectivity index (χ3v) is 9.72. The zero-order chi connectivity index (χ0) is 37.5. The first-order chi connectivity index (χ1) is 24.9. The number of allylic oxidation sites excluding steroid dienone is 3. The molecule has 0 aromatic rings. The van der Waals surface area contributed by atoms with Gasteiger partial charge in [0.2, 0.25) is 5.91 Å². The summed E-state index contributed by atoms with van der Waals surface area (Å²) >= 11 is 0. The maximum atomic E-state index is 12.7. The van der Waals surface area contributed by atoms with E-state index in [0.29, 0.717) is 38.6 Å². The lowest BCUT2D eigenvalue weighted by Crippen LogP contribution is -2.40. The van der Waals surface area contributed by atoms with E-state index in [1.807, 2.05) is 0 Å². The lowest BCUT2D eigenvalue weighted by Gasteiger charge is -2.15. The number of hydrogen-bond acceptors (Lipinski definition) is 5. The van der Waals surface area contributed by atoms with Crippen LogP contribution in [0.2, 0.25) is 0 Å².